The predicted molar refractivity (Wildman–Crippen MR) is 148 cm³/mol. The lowest BCUT2D eigenvalue weighted by Crippen LogP contribution is -2.40. The molecule has 37 heavy (non-hydrogen) atoms. The van der Waals surface area contributed by atoms with E-state index in [1.54, 1.807) is 0 Å². The molecule has 0 aromatic heterocycles. The number of fused-ring (bicyclic) bond motifs is 2. The molecule has 194 valence electrons. The summed E-state index contributed by atoms with van der Waals surface area (Å²) in [7, 11) is 0. The Hall–Kier alpha value is -3.16. The topological polar surface area (TPSA) is 65.4 Å². The van der Waals surface area contributed by atoms with Crippen LogP contribution in [0.1, 0.15) is 6.42 Å². The number of rotatable bonds is 10. The Kier molecular flexibility index (Phi) is 8.53. The first-order valence-corrected chi connectivity index (χ1v) is 13.2. The third-order valence-corrected chi connectivity index (χ3v) is 6.95. The van der Waals surface area contributed by atoms with Crippen molar-refractivity contribution in [2.45, 2.75) is 18.6 Å². The highest BCUT2D eigenvalue weighted by Gasteiger charge is 2.20. The van der Waals surface area contributed by atoms with Gasteiger partial charge >= 0.3 is 0 Å². The zero-order chi connectivity index (χ0) is 25.5. The van der Waals surface area contributed by atoms with Crippen LogP contribution < -0.4 is 9.47 Å². The van der Waals surface area contributed by atoms with E-state index in [1.807, 2.05) is 60.7 Å². The van der Waals surface area contributed by atoms with Crippen molar-refractivity contribution in [2.75, 3.05) is 52.5 Å². The smallest absolute Gasteiger partial charge is 0.120 e. The van der Waals surface area contributed by atoms with Crippen molar-refractivity contribution < 1.29 is 19.7 Å². The van der Waals surface area contributed by atoms with Crippen LogP contribution in [0.2, 0.25) is 0 Å². The summed E-state index contributed by atoms with van der Waals surface area (Å²) in [6.07, 6.45) is -0.116. The second-order valence-corrected chi connectivity index (χ2v) is 9.90. The molecule has 1 fully saturated rings. The number of aliphatic hydroxyl groups excluding tert-OH is 2. The largest absolute Gasteiger partial charge is 0.491 e. The monoisotopic (exact) mass is 500 g/mol. The normalized spacial score (nSPS) is 16.9. The number of benzene rings is 4. The highest BCUT2D eigenvalue weighted by molar-refractivity contribution is 5.84. The van der Waals surface area contributed by atoms with Gasteiger partial charge in [-0.15, -0.1) is 0 Å². The van der Waals surface area contributed by atoms with Gasteiger partial charge in [-0.2, -0.15) is 0 Å². The average molecular weight is 501 g/mol. The summed E-state index contributed by atoms with van der Waals surface area (Å²) >= 11 is 0. The summed E-state index contributed by atoms with van der Waals surface area (Å²) in [4.78, 5) is 4.57. The Morgan fingerprint density at radius 3 is 1.46 bits per heavy atom. The molecule has 2 atom stereocenters. The second-order valence-electron chi connectivity index (χ2n) is 9.90. The Bertz CT molecular complexity index is 1200. The van der Waals surface area contributed by atoms with Crippen molar-refractivity contribution >= 4 is 21.5 Å². The molecule has 6 nitrogen and oxygen atoms in total. The summed E-state index contributed by atoms with van der Waals surface area (Å²) in [6.45, 7) is 5.24. The molecule has 1 aliphatic rings. The van der Waals surface area contributed by atoms with Crippen molar-refractivity contribution in [1.29, 1.82) is 0 Å². The maximum atomic E-state index is 10.6. The van der Waals surface area contributed by atoms with Crippen LogP contribution in [0.15, 0.2) is 84.9 Å². The van der Waals surface area contributed by atoms with E-state index in [-0.39, 0.29) is 13.2 Å². The number of hydrogen-bond acceptors (Lipinski definition) is 6. The minimum Gasteiger partial charge on any atom is -0.491 e. The third kappa shape index (κ3) is 7.21. The fourth-order valence-corrected chi connectivity index (χ4v) is 4.99. The molecule has 1 aliphatic heterocycles. The van der Waals surface area contributed by atoms with Gasteiger partial charge < -0.3 is 19.7 Å². The predicted octanol–water partition coefficient (Wildman–Crippen LogP) is 4.18. The van der Waals surface area contributed by atoms with E-state index >= 15 is 0 Å². The lowest BCUT2D eigenvalue weighted by Gasteiger charge is -2.25. The number of nitrogens with zero attached hydrogens (tertiary/aromatic N) is 2. The summed E-state index contributed by atoms with van der Waals surface area (Å²) < 4.78 is 11.8. The number of β-amino-alcohol motifs (C(OH)–C–C–N with tert-alkyl or cyclic N) is 2. The van der Waals surface area contributed by atoms with E-state index < -0.39 is 12.2 Å². The zero-order valence-electron chi connectivity index (χ0n) is 21.2. The number of hydrogen-bond donors (Lipinski definition) is 2. The van der Waals surface area contributed by atoms with Crippen LogP contribution in [0.4, 0.5) is 0 Å². The van der Waals surface area contributed by atoms with Crippen molar-refractivity contribution in [3.63, 3.8) is 0 Å². The SMILES string of the molecule is OC(COc1ccc2ccccc2c1)CN1CCCN(CC(O)COc2ccc3ccccc3c2)CC1. The molecule has 6 heteroatoms. The summed E-state index contributed by atoms with van der Waals surface area (Å²) in [6, 6.07) is 28.4. The van der Waals surface area contributed by atoms with Gasteiger partial charge in [-0.05, 0) is 65.3 Å². The Labute approximate surface area is 218 Å². The van der Waals surface area contributed by atoms with Gasteiger partial charge in [0.1, 0.15) is 36.9 Å². The van der Waals surface area contributed by atoms with Gasteiger partial charge in [0.2, 0.25) is 0 Å². The van der Waals surface area contributed by atoms with Crippen LogP contribution in [-0.4, -0.2) is 84.7 Å². The molecule has 0 radical (unpaired) electrons. The Balaban J connectivity index is 1.03. The zero-order valence-corrected chi connectivity index (χ0v) is 21.2. The third-order valence-electron chi connectivity index (χ3n) is 6.95. The molecule has 1 saturated heterocycles. The highest BCUT2D eigenvalue weighted by Crippen LogP contribution is 2.22. The van der Waals surface area contributed by atoms with Gasteiger partial charge in [-0.25, -0.2) is 0 Å². The van der Waals surface area contributed by atoms with Gasteiger partial charge in [-0.1, -0.05) is 60.7 Å². The number of ether oxygens (including phenoxy) is 2. The van der Waals surface area contributed by atoms with E-state index in [0.29, 0.717) is 13.1 Å². The molecular formula is C31H36N2O4. The lowest BCUT2D eigenvalue weighted by molar-refractivity contribution is 0.0618. The van der Waals surface area contributed by atoms with Crippen LogP contribution in [0.3, 0.4) is 0 Å². The molecule has 4 aromatic carbocycles. The van der Waals surface area contributed by atoms with Gasteiger partial charge in [0, 0.05) is 26.2 Å². The van der Waals surface area contributed by atoms with Crippen LogP contribution in [0, 0.1) is 0 Å². The van der Waals surface area contributed by atoms with Crippen molar-refractivity contribution in [1.82, 2.24) is 9.80 Å². The standard InChI is InChI=1S/C31H36N2O4/c34-28(22-36-30-12-10-24-6-1-3-8-26(24)18-30)20-32-14-5-15-33(17-16-32)21-29(35)23-37-31-13-11-25-7-2-4-9-27(25)19-31/h1-4,6-13,18-19,28-29,34-35H,5,14-17,20-23H2. The molecular weight excluding hydrogens is 464 g/mol. The molecule has 5 rings (SSSR count). The fraction of sp³-hybridized carbons (Fsp3) is 0.355. The first-order valence-electron chi connectivity index (χ1n) is 13.2. The Morgan fingerprint density at radius 1 is 0.568 bits per heavy atom. The molecule has 2 N–H and O–H groups in total. The molecule has 0 spiro atoms. The summed E-state index contributed by atoms with van der Waals surface area (Å²) in [5.74, 6) is 1.55. The van der Waals surface area contributed by atoms with Crippen LogP contribution in [0.25, 0.3) is 21.5 Å². The van der Waals surface area contributed by atoms with Gasteiger partial charge in [-0.3, -0.25) is 9.80 Å². The summed E-state index contributed by atoms with van der Waals surface area (Å²) in [5, 5.41) is 25.8. The maximum Gasteiger partial charge on any atom is 0.120 e. The molecule has 0 saturated carbocycles. The van der Waals surface area contributed by atoms with Crippen molar-refractivity contribution in [3.05, 3.63) is 84.9 Å². The van der Waals surface area contributed by atoms with E-state index in [9.17, 15) is 10.2 Å². The van der Waals surface area contributed by atoms with E-state index in [2.05, 4.69) is 34.1 Å². The molecule has 0 bridgehead atoms. The molecule has 0 aliphatic carbocycles. The summed E-state index contributed by atoms with van der Waals surface area (Å²) in [5.41, 5.74) is 0. The van der Waals surface area contributed by atoms with Gasteiger partial charge in [0.25, 0.3) is 0 Å². The highest BCUT2D eigenvalue weighted by atomic mass is 16.5. The maximum absolute atomic E-state index is 10.6. The van der Waals surface area contributed by atoms with E-state index in [1.165, 1.54) is 10.8 Å². The number of aliphatic hydroxyl groups is 2. The minimum atomic E-state index is -0.557. The van der Waals surface area contributed by atoms with Crippen LogP contribution in [-0.2, 0) is 0 Å². The fourth-order valence-electron chi connectivity index (χ4n) is 4.99. The first kappa shape index (κ1) is 25.5. The molecule has 0 amide bonds. The molecule has 2 unspecified atom stereocenters. The molecule has 1 heterocycles. The van der Waals surface area contributed by atoms with Crippen molar-refractivity contribution in [2.24, 2.45) is 0 Å². The van der Waals surface area contributed by atoms with Crippen LogP contribution >= 0.6 is 0 Å². The van der Waals surface area contributed by atoms with E-state index in [4.69, 9.17) is 9.47 Å². The molecule has 4 aromatic rings. The van der Waals surface area contributed by atoms with Gasteiger partial charge in [0.15, 0.2) is 0 Å². The quantitative estimate of drug-likeness (QED) is 0.341. The van der Waals surface area contributed by atoms with E-state index in [0.717, 1.165) is 54.9 Å². The first-order chi connectivity index (χ1) is 18.1. The van der Waals surface area contributed by atoms with Crippen LogP contribution in [0.5, 0.6) is 11.5 Å². The lowest BCUT2D eigenvalue weighted by atomic mass is 10.1. The second kappa shape index (κ2) is 12.4. The van der Waals surface area contributed by atoms with Crippen molar-refractivity contribution in [3.8, 4) is 11.5 Å². The Morgan fingerprint density at radius 2 is 1.00 bits per heavy atom. The minimum absolute atomic E-state index is 0.267. The van der Waals surface area contributed by atoms with Gasteiger partial charge in [0.05, 0.1) is 0 Å². The average Bonchev–Trinajstić information content (AvgIpc) is 3.15.